The van der Waals surface area contributed by atoms with Crippen LogP contribution in [0.15, 0.2) is 10.6 Å². The first kappa shape index (κ1) is 13.5. The lowest BCUT2D eigenvalue weighted by molar-refractivity contribution is -0.121. The van der Waals surface area contributed by atoms with Gasteiger partial charge >= 0.3 is 6.03 Å². The third kappa shape index (κ3) is 2.75. The molecule has 7 heteroatoms. The minimum absolute atomic E-state index is 0.183. The van der Waals surface area contributed by atoms with Gasteiger partial charge in [0, 0.05) is 23.0 Å². The van der Waals surface area contributed by atoms with Crippen molar-refractivity contribution in [2.24, 2.45) is 11.7 Å². The quantitative estimate of drug-likeness (QED) is 0.612. The van der Waals surface area contributed by atoms with Gasteiger partial charge < -0.3 is 11.1 Å². The molecule has 5 nitrogen and oxygen atoms in total. The Bertz CT molecular complexity index is 400. The number of carbonyl (C=O) groups is 2. The zero-order valence-corrected chi connectivity index (χ0v) is 11.5. The summed E-state index contributed by atoms with van der Waals surface area (Å²) >= 11 is 7.05. The Labute approximate surface area is 115 Å². The summed E-state index contributed by atoms with van der Waals surface area (Å²) in [5, 5.41) is 2.81. The highest BCUT2D eigenvalue weighted by Gasteiger charge is 2.34. The zero-order chi connectivity index (χ0) is 13.1. The molecule has 1 atom stereocenters. The average molecular weight is 290 g/mol. The Kier molecular flexibility index (Phi) is 4.40. The summed E-state index contributed by atoms with van der Waals surface area (Å²) in [5.41, 5.74) is 6.08. The smallest absolute Gasteiger partial charge is 0.331 e. The van der Waals surface area contributed by atoms with Crippen molar-refractivity contribution in [3.05, 3.63) is 10.6 Å². The van der Waals surface area contributed by atoms with Gasteiger partial charge in [0.2, 0.25) is 5.91 Å². The summed E-state index contributed by atoms with van der Waals surface area (Å²) in [4.78, 5) is 24.3. The van der Waals surface area contributed by atoms with Crippen LogP contribution in [0.2, 0.25) is 0 Å². The highest BCUT2D eigenvalue weighted by Crippen LogP contribution is 2.39. The monoisotopic (exact) mass is 289 g/mol. The van der Waals surface area contributed by atoms with Crippen molar-refractivity contribution in [2.45, 2.75) is 25.7 Å². The number of hydrogen-bond acceptors (Lipinski definition) is 3. The number of halogens is 1. The molecule has 18 heavy (non-hydrogen) atoms. The molecule has 1 aliphatic carbocycles. The fraction of sp³-hybridized carbons (Fsp3) is 0.636. The van der Waals surface area contributed by atoms with Crippen LogP contribution in [0.5, 0.6) is 0 Å². The van der Waals surface area contributed by atoms with Gasteiger partial charge in [-0.2, -0.15) is 0 Å². The molecule has 0 saturated carbocycles. The zero-order valence-electron chi connectivity index (χ0n) is 9.95. The largest absolute Gasteiger partial charge is 0.369 e. The predicted molar refractivity (Wildman–Crippen MR) is 71.7 cm³/mol. The summed E-state index contributed by atoms with van der Waals surface area (Å²) in [5.74, 6) is -0.183. The number of alkyl halides is 1. The van der Waals surface area contributed by atoms with Gasteiger partial charge in [-0.3, -0.25) is 9.10 Å². The molecule has 1 heterocycles. The fourth-order valence-electron chi connectivity index (χ4n) is 2.18. The van der Waals surface area contributed by atoms with Crippen molar-refractivity contribution < 1.29 is 9.59 Å². The number of hydrogen-bond donors (Lipinski definition) is 2. The van der Waals surface area contributed by atoms with Crippen molar-refractivity contribution in [3.63, 3.8) is 0 Å². The maximum atomic E-state index is 11.9. The third-order valence-corrected chi connectivity index (χ3v) is 4.55. The first-order valence-corrected chi connectivity index (χ1v) is 7.29. The van der Waals surface area contributed by atoms with Gasteiger partial charge in [0.15, 0.2) is 0 Å². The molecule has 2 rings (SSSR count). The number of rotatable bonds is 4. The Balaban J connectivity index is 2.14. The van der Waals surface area contributed by atoms with Crippen LogP contribution in [-0.2, 0) is 4.79 Å². The molecule has 0 bridgehead atoms. The maximum Gasteiger partial charge on any atom is 0.331 e. The van der Waals surface area contributed by atoms with Gasteiger partial charge in [0.05, 0.1) is 5.92 Å². The molecule has 0 radical (unpaired) electrons. The summed E-state index contributed by atoms with van der Waals surface area (Å²) in [7, 11) is 0. The minimum atomic E-state index is -0.364. The fourth-order valence-corrected chi connectivity index (χ4v) is 3.44. The molecule has 2 aliphatic rings. The van der Waals surface area contributed by atoms with E-state index in [9.17, 15) is 9.59 Å². The van der Waals surface area contributed by atoms with E-state index in [1.807, 2.05) is 0 Å². The van der Waals surface area contributed by atoms with Crippen molar-refractivity contribution >= 4 is 35.5 Å². The highest BCUT2D eigenvalue weighted by molar-refractivity contribution is 8.01. The van der Waals surface area contributed by atoms with Crippen LogP contribution < -0.4 is 11.1 Å². The predicted octanol–water partition coefficient (Wildman–Crippen LogP) is 1.79. The number of nitrogens with one attached hydrogen (secondary N) is 1. The number of urea groups is 1. The molecule has 1 unspecified atom stereocenters. The Morgan fingerprint density at radius 2 is 2.39 bits per heavy atom. The first-order valence-electron chi connectivity index (χ1n) is 5.98. The first-order chi connectivity index (χ1) is 8.63. The van der Waals surface area contributed by atoms with Crippen LogP contribution in [0.25, 0.3) is 0 Å². The molecule has 0 aromatic carbocycles. The molecule has 0 aromatic heterocycles. The number of allylic oxidation sites excluding steroid dienone is 1. The van der Waals surface area contributed by atoms with Gasteiger partial charge in [-0.25, -0.2) is 4.79 Å². The SMILES string of the molecule is NC(=O)C1CCCC2=C1NC(=O)N(CCCCl)S2. The van der Waals surface area contributed by atoms with Gasteiger partial charge in [0.1, 0.15) is 0 Å². The van der Waals surface area contributed by atoms with Gasteiger partial charge in [0.25, 0.3) is 0 Å². The molecule has 3 N–H and O–H groups in total. The lowest BCUT2D eigenvalue weighted by atomic mass is 9.91. The van der Waals surface area contributed by atoms with Crippen LogP contribution in [-0.4, -0.2) is 28.7 Å². The van der Waals surface area contributed by atoms with E-state index >= 15 is 0 Å². The van der Waals surface area contributed by atoms with E-state index in [0.29, 0.717) is 18.1 Å². The molecule has 1 aliphatic heterocycles. The van der Waals surface area contributed by atoms with E-state index in [1.165, 1.54) is 11.9 Å². The van der Waals surface area contributed by atoms with Crippen molar-refractivity contribution in [2.75, 3.05) is 12.4 Å². The molecule has 0 aromatic rings. The summed E-state index contributed by atoms with van der Waals surface area (Å²) in [6.07, 6.45) is 3.29. The number of amides is 3. The Morgan fingerprint density at radius 3 is 3.06 bits per heavy atom. The third-order valence-electron chi connectivity index (χ3n) is 3.07. The van der Waals surface area contributed by atoms with E-state index in [0.717, 1.165) is 30.6 Å². The molecule has 100 valence electrons. The number of primary amides is 1. The van der Waals surface area contributed by atoms with Crippen molar-refractivity contribution in [3.8, 4) is 0 Å². The van der Waals surface area contributed by atoms with E-state index in [1.54, 1.807) is 4.31 Å². The average Bonchev–Trinajstić information content (AvgIpc) is 2.35. The molecular weight excluding hydrogens is 274 g/mol. The van der Waals surface area contributed by atoms with Crippen LogP contribution in [0.4, 0.5) is 4.79 Å². The topological polar surface area (TPSA) is 75.4 Å². The lowest BCUT2D eigenvalue weighted by Gasteiger charge is -2.35. The number of nitrogens with zero attached hydrogens (tertiary/aromatic N) is 1. The van der Waals surface area contributed by atoms with E-state index in [4.69, 9.17) is 17.3 Å². The number of carbonyl (C=O) groups excluding carboxylic acids is 2. The molecular formula is C11H16ClN3O2S. The molecule has 0 fully saturated rings. The summed E-state index contributed by atoms with van der Waals surface area (Å²) in [6, 6.07) is -0.183. The van der Waals surface area contributed by atoms with Gasteiger partial charge in [-0.05, 0) is 37.6 Å². The normalized spacial score (nSPS) is 23.7. The maximum absolute atomic E-state index is 11.9. The van der Waals surface area contributed by atoms with Crippen LogP contribution >= 0.6 is 23.5 Å². The Hall–Kier alpha value is -0.880. The lowest BCUT2D eigenvalue weighted by Crippen LogP contribution is -2.45. The van der Waals surface area contributed by atoms with Crippen molar-refractivity contribution in [1.82, 2.24) is 9.62 Å². The van der Waals surface area contributed by atoms with Crippen LogP contribution in [0.1, 0.15) is 25.7 Å². The second kappa shape index (κ2) is 5.84. The van der Waals surface area contributed by atoms with Gasteiger partial charge in [-0.15, -0.1) is 11.6 Å². The summed E-state index contributed by atoms with van der Waals surface area (Å²) < 4.78 is 1.66. The van der Waals surface area contributed by atoms with Crippen molar-refractivity contribution in [1.29, 1.82) is 0 Å². The Morgan fingerprint density at radius 1 is 1.61 bits per heavy atom. The second-order valence-electron chi connectivity index (χ2n) is 4.35. The standard InChI is InChI=1S/C11H16ClN3O2S/c12-5-2-6-15-11(17)14-9-7(10(13)16)3-1-4-8(9)18-15/h7H,1-6H2,(H2,13,16)(H,14,17). The van der Waals surface area contributed by atoms with Crippen LogP contribution in [0, 0.1) is 5.92 Å². The number of nitrogens with two attached hydrogens (primary N) is 1. The molecule has 0 spiro atoms. The molecule has 0 saturated heterocycles. The minimum Gasteiger partial charge on any atom is -0.369 e. The van der Waals surface area contributed by atoms with Crippen LogP contribution in [0.3, 0.4) is 0 Å². The van der Waals surface area contributed by atoms with E-state index in [2.05, 4.69) is 5.32 Å². The van der Waals surface area contributed by atoms with Gasteiger partial charge in [-0.1, -0.05) is 0 Å². The second-order valence-corrected chi connectivity index (χ2v) is 5.84. The molecule has 3 amide bonds. The summed E-state index contributed by atoms with van der Waals surface area (Å²) in [6.45, 7) is 0.609. The van der Waals surface area contributed by atoms with E-state index < -0.39 is 0 Å². The highest BCUT2D eigenvalue weighted by atomic mass is 35.5. The van der Waals surface area contributed by atoms with E-state index in [-0.39, 0.29) is 17.9 Å².